The zero-order valence-electron chi connectivity index (χ0n) is 10.9. The molecule has 0 fully saturated rings. The molecule has 0 bridgehead atoms. The molecule has 0 atom stereocenters. The van der Waals surface area contributed by atoms with E-state index < -0.39 is 15.8 Å². The molecule has 21 heavy (non-hydrogen) atoms. The van der Waals surface area contributed by atoms with Gasteiger partial charge in [-0.05, 0) is 36.8 Å². The fourth-order valence-electron chi connectivity index (χ4n) is 1.74. The molecule has 108 valence electrons. The quantitative estimate of drug-likeness (QED) is 0.940. The van der Waals surface area contributed by atoms with Crippen LogP contribution in [0.2, 0.25) is 5.02 Å². The fraction of sp³-hybridized carbons (Fsp3) is 0.0714. The van der Waals surface area contributed by atoms with Gasteiger partial charge in [0.1, 0.15) is 10.7 Å². The Balaban J connectivity index is 2.47. The number of nitriles is 1. The average Bonchev–Trinajstić information content (AvgIpc) is 2.42. The minimum Gasteiger partial charge on any atom is -0.276 e. The molecule has 4 nitrogen and oxygen atoms in total. The van der Waals surface area contributed by atoms with Gasteiger partial charge in [-0.1, -0.05) is 23.7 Å². The van der Waals surface area contributed by atoms with E-state index in [0.717, 1.165) is 6.07 Å². The number of aryl methyl sites for hydroxylation is 1. The maximum Gasteiger partial charge on any atom is 0.263 e. The van der Waals surface area contributed by atoms with Crippen LogP contribution in [0.15, 0.2) is 41.3 Å². The average molecular weight is 325 g/mol. The van der Waals surface area contributed by atoms with Crippen LogP contribution in [-0.4, -0.2) is 8.42 Å². The highest BCUT2D eigenvalue weighted by molar-refractivity contribution is 7.92. The second-order valence-corrected chi connectivity index (χ2v) is 6.35. The highest BCUT2D eigenvalue weighted by atomic mass is 35.5. The van der Waals surface area contributed by atoms with Crippen molar-refractivity contribution in [3.8, 4) is 6.07 Å². The normalized spacial score (nSPS) is 11.0. The van der Waals surface area contributed by atoms with Crippen LogP contribution in [0.3, 0.4) is 0 Å². The summed E-state index contributed by atoms with van der Waals surface area (Å²) < 4.78 is 40.5. The van der Waals surface area contributed by atoms with Gasteiger partial charge in [0.2, 0.25) is 0 Å². The van der Waals surface area contributed by atoms with Crippen molar-refractivity contribution < 1.29 is 12.8 Å². The van der Waals surface area contributed by atoms with Gasteiger partial charge in [0.15, 0.2) is 0 Å². The first kappa shape index (κ1) is 15.3. The number of para-hydroxylation sites is 1. The van der Waals surface area contributed by atoms with Crippen LogP contribution in [0.4, 0.5) is 10.1 Å². The molecule has 0 spiro atoms. The van der Waals surface area contributed by atoms with E-state index >= 15 is 0 Å². The van der Waals surface area contributed by atoms with Crippen LogP contribution in [0.1, 0.15) is 11.1 Å². The van der Waals surface area contributed by atoms with Crippen molar-refractivity contribution in [3.63, 3.8) is 0 Å². The Hall–Kier alpha value is -2.10. The van der Waals surface area contributed by atoms with Gasteiger partial charge in [0.25, 0.3) is 10.0 Å². The third-order valence-electron chi connectivity index (χ3n) is 2.81. The summed E-state index contributed by atoms with van der Waals surface area (Å²) in [7, 11) is -4.05. The van der Waals surface area contributed by atoms with Crippen molar-refractivity contribution in [1.82, 2.24) is 0 Å². The maximum atomic E-state index is 13.7. The minimum atomic E-state index is -4.05. The number of rotatable bonds is 3. The van der Waals surface area contributed by atoms with Crippen LogP contribution in [0.25, 0.3) is 0 Å². The lowest BCUT2D eigenvalue weighted by atomic mass is 10.2. The lowest BCUT2D eigenvalue weighted by molar-refractivity contribution is 0.598. The molecule has 2 rings (SSSR count). The van der Waals surface area contributed by atoms with Crippen LogP contribution in [0.5, 0.6) is 0 Å². The molecule has 0 aromatic heterocycles. The molecule has 7 heteroatoms. The molecular weight excluding hydrogens is 315 g/mol. The number of sulfonamides is 1. The van der Waals surface area contributed by atoms with E-state index in [0.29, 0.717) is 5.56 Å². The molecule has 0 radical (unpaired) electrons. The Bertz CT molecular complexity index is 824. The van der Waals surface area contributed by atoms with E-state index in [1.54, 1.807) is 13.0 Å². The Kier molecular flexibility index (Phi) is 4.16. The lowest BCUT2D eigenvalue weighted by Crippen LogP contribution is -2.15. The summed E-state index contributed by atoms with van der Waals surface area (Å²) in [6, 6.07) is 9.86. The summed E-state index contributed by atoms with van der Waals surface area (Å²) in [6.45, 7) is 1.58. The molecule has 2 aromatic rings. The van der Waals surface area contributed by atoms with E-state index in [4.69, 9.17) is 16.9 Å². The Morgan fingerprint density at radius 1 is 1.29 bits per heavy atom. The topological polar surface area (TPSA) is 70.0 Å². The Morgan fingerprint density at radius 3 is 2.57 bits per heavy atom. The van der Waals surface area contributed by atoms with Gasteiger partial charge in [-0.25, -0.2) is 12.8 Å². The smallest absolute Gasteiger partial charge is 0.263 e. The maximum absolute atomic E-state index is 13.7. The van der Waals surface area contributed by atoms with Gasteiger partial charge >= 0.3 is 0 Å². The van der Waals surface area contributed by atoms with Crippen LogP contribution >= 0.6 is 11.6 Å². The molecule has 1 N–H and O–H groups in total. The predicted octanol–water partition coefficient (Wildman–Crippen LogP) is 3.46. The first-order chi connectivity index (χ1) is 9.85. The molecule has 0 aliphatic heterocycles. The molecule has 2 aromatic carbocycles. The second kappa shape index (κ2) is 5.72. The summed E-state index contributed by atoms with van der Waals surface area (Å²) in [5.74, 6) is -0.677. The number of hydrogen-bond donors (Lipinski definition) is 1. The number of benzene rings is 2. The van der Waals surface area contributed by atoms with Gasteiger partial charge in [-0.2, -0.15) is 5.26 Å². The molecule has 0 heterocycles. The zero-order chi connectivity index (χ0) is 15.6. The summed E-state index contributed by atoms with van der Waals surface area (Å²) in [4.78, 5) is -0.217. The number of anilines is 1. The van der Waals surface area contributed by atoms with Crippen molar-refractivity contribution in [2.24, 2.45) is 0 Å². The Morgan fingerprint density at radius 2 is 2.00 bits per heavy atom. The summed E-state index contributed by atoms with van der Waals surface area (Å²) >= 11 is 5.87. The summed E-state index contributed by atoms with van der Waals surface area (Å²) in [5.41, 5.74) is 0.558. The first-order valence-corrected chi connectivity index (χ1v) is 7.69. The molecular formula is C14H10ClFN2O2S. The van der Waals surface area contributed by atoms with Gasteiger partial charge in [-0.15, -0.1) is 0 Å². The van der Waals surface area contributed by atoms with Crippen molar-refractivity contribution in [3.05, 3.63) is 58.4 Å². The molecule has 0 aliphatic rings. The molecule has 0 aliphatic carbocycles. The van der Waals surface area contributed by atoms with Crippen LogP contribution < -0.4 is 4.72 Å². The first-order valence-electron chi connectivity index (χ1n) is 5.83. The summed E-state index contributed by atoms with van der Waals surface area (Å²) in [6.07, 6.45) is 0. The van der Waals surface area contributed by atoms with E-state index in [9.17, 15) is 12.8 Å². The lowest BCUT2D eigenvalue weighted by Gasteiger charge is -2.12. The number of halogens is 2. The van der Waals surface area contributed by atoms with E-state index in [-0.39, 0.29) is 21.2 Å². The molecule has 0 unspecified atom stereocenters. The van der Waals surface area contributed by atoms with Crippen molar-refractivity contribution in [2.45, 2.75) is 11.8 Å². The highest BCUT2D eigenvalue weighted by Crippen LogP contribution is 2.27. The van der Waals surface area contributed by atoms with Crippen molar-refractivity contribution in [1.29, 1.82) is 5.26 Å². The SMILES string of the molecule is Cc1cccc(F)c1NS(=O)(=O)c1ccc(C#N)cc1Cl. The predicted molar refractivity (Wildman–Crippen MR) is 78.1 cm³/mol. The Labute approximate surface area is 126 Å². The van der Waals surface area contributed by atoms with E-state index in [1.807, 2.05) is 6.07 Å². The molecule has 0 saturated heterocycles. The van der Waals surface area contributed by atoms with Gasteiger partial charge in [0, 0.05) is 0 Å². The van der Waals surface area contributed by atoms with Crippen molar-refractivity contribution in [2.75, 3.05) is 4.72 Å². The largest absolute Gasteiger partial charge is 0.276 e. The highest BCUT2D eigenvalue weighted by Gasteiger charge is 2.20. The van der Waals surface area contributed by atoms with Gasteiger partial charge < -0.3 is 0 Å². The second-order valence-electron chi connectivity index (χ2n) is 4.29. The molecule has 0 amide bonds. The number of nitrogens with one attached hydrogen (secondary N) is 1. The summed E-state index contributed by atoms with van der Waals surface area (Å²) in [5, 5.41) is 8.64. The van der Waals surface area contributed by atoms with Crippen LogP contribution in [-0.2, 0) is 10.0 Å². The van der Waals surface area contributed by atoms with E-state index in [2.05, 4.69) is 4.72 Å². The third kappa shape index (κ3) is 3.15. The van der Waals surface area contributed by atoms with Gasteiger partial charge in [-0.3, -0.25) is 4.72 Å². The number of hydrogen-bond acceptors (Lipinski definition) is 3. The standard InChI is InChI=1S/C14H10ClFN2O2S/c1-9-3-2-4-12(16)14(9)18-21(19,20)13-6-5-10(8-17)7-11(13)15/h2-7,18H,1H3. The minimum absolute atomic E-state index is 0.101. The number of nitrogens with zero attached hydrogens (tertiary/aromatic N) is 1. The van der Waals surface area contributed by atoms with E-state index in [1.165, 1.54) is 24.3 Å². The van der Waals surface area contributed by atoms with Gasteiger partial charge in [0.05, 0.1) is 22.3 Å². The third-order valence-corrected chi connectivity index (χ3v) is 4.64. The fourth-order valence-corrected chi connectivity index (χ4v) is 3.42. The van der Waals surface area contributed by atoms with Crippen molar-refractivity contribution >= 4 is 27.3 Å². The zero-order valence-corrected chi connectivity index (χ0v) is 12.5. The molecule has 0 saturated carbocycles. The van der Waals surface area contributed by atoms with Crippen LogP contribution in [0, 0.1) is 24.1 Å². The monoisotopic (exact) mass is 324 g/mol.